The third-order valence-corrected chi connectivity index (χ3v) is 2.66. The Morgan fingerprint density at radius 1 is 1.24 bits per heavy atom. The van der Waals surface area contributed by atoms with Crippen LogP contribution in [0, 0.1) is 0 Å². The lowest BCUT2D eigenvalue weighted by atomic mass is 10.2. The van der Waals surface area contributed by atoms with Crippen molar-refractivity contribution >= 4 is 23.1 Å². The van der Waals surface area contributed by atoms with Gasteiger partial charge in [-0.05, 0) is 27.7 Å². The maximum absolute atomic E-state index is 11.5. The van der Waals surface area contributed by atoms with Gasteiger partial charge in [0.05, 0.1) is 4.99 Å². The Labute approximate surface area is 110 Å². The number of amides is 1. The van der Waals surface area contributed by atoms with Gasteiger partial charge in [0, 0.05) is 38.0 Å². The van der Waals surface area contributed by atoms with Crippen molar-refractivity contribution in [1.82, 2.24) is 10.2 Å². The molecule has 0 atom stereocenters. The fourth-order valence-corrected chi connectivity index (χ4v) is 1.61. The molecule has 0 aromatic rings. The van der Waals surface area contributed by atoms with Gasteiger partial charge in [0.1, 0.15) is 0 Å². The average molecular weight is 259 g/mol. The zero-order valence-corrected chi connectivity index (χ0v) is 12.1. The molecule has 0 bridgehead atoms. The number of nitrogens with two attached hydrogens (primary N) is 1. The lowest BCUT2D eigenvalue weighted by molar-refractivity contribution is -0.122. The molecule has 0 unspecified atom stereocenters. The van der Waals surface area contributed by atoms with Crippen LogP contribution in [0.2, 0.25) is 0 Å². The number of carbonyl (C=O) groups excluding carboxylic acids is 1. The summed E-state index contributed by atoms with van der Waals surface area (Å²) in [5, 5.41) is 2.89. The first kappa shape index (κ1) is 16.3. The highest BCUT2D eigenvalue weighted by Gasteiger charge is 2.12. The van der Waals surface area contributed by atoms with Crippen molar-refractivity contribution in [1.29, 1.82) is 0 Å². The standard InChI is InChI=1S/C12H25N3OS/c1-9(2)14-12(16)6-8-15(10(3)4)7-5-11(13)17/h9-10H,5-8H2,1-4H3,(H2,13,17)(H,14,16). The molecule has 0 aliphatic carbocycles. The normalized spacial score (nSPS) is 11.2. The number of hydrogen-bond acceptors (Lipinski definition) is 3. The molecule has 0 aliphatic rings. The summed E-state index contributed by atoms with van der Waals surface area (Å²) in [6.45, 7) is 9.72. The van der Waals surface area contributed by atoms with Crippen LogP contribution in [0.5, 0.6) is 0 Å². The molecule has 5 heteroatoms. The van der Waals surface area contributed by atoms with E-state index in [1.807, 2.05) is 13.8 Å². The minimum Gasteiger partial charge on any atom is -0.393 e. The van der Waals surface area contributed by atoms with Crippen molar-refractivity contribution < 1.29 is 4.79 Å². The van der Waals surface area contributed by atoms with E-state index in [4.69, 9.17) is 18.0 Å². The van der Waals surface area contributed by atoms with Gasteiger partial charge >= 0.3 is 0 Å². The van der Waals surface area contributed by atoms with Crippen molar-refractivity contribution in [2.75, 3.05) is 13.1 Å². The SMILES string of the molecule is CC(C)NC(=O)CCN(CCC(N)=S)C(C)C. The van der Waals surface area contributed by atoms with Gasteiger partial charge in [0.15, 0.2) is 0 Å². The highest BCUT2D eigenvalue weighted by molar-refractivity contribution is 7.80. The summed E-state index contributed by atoms with van der Waals surface area (Å²) in [4.78, 5) is 14.3. The van der Waals surface area contributed by atoms with Gasteiger partial charge in [0.2, 0.25) is 5.91 Å². The highest BCUT2D eigenvalue weighted by atomic mass is 32.1. The molecule has 17 heavy (non-hydrogen) atoms. The van der Waals surface area contributed by atoms with Crippen LogP contribution in [0.1, 0.15) is 40.5 Å². The molecule has 0 saturated carbocycles. The highest BCUT2D eigenvalue weighted by Crippen LogP contribution is 2.01. The maximum Gasteiger partial charge on any atom is 0.221 e. The lowest BCUT2D eigenvalue weighted by Gasteiger charge is -2.26. The zero-order chi connectivity index (χ0) is 13.4. The van der Waals surface area contributed by atoms with E-state index in [9.17, 15) is 4.79 Å². The Kier molecular flexibility index (Phi) is 8.08. The van der Waals surface area contributed by atoms with Crippen molar-refractivity contribution in [3.8, 4) is 0 Å². The predicted molar refractivity (Wildman–Crippen MR) is 76.0 cm³/mol. The summed E-state index contributed by atoms with van der Waals surface area (Å²) in [7, 11) is 0. The molecular formula is C12H25N3OS. The van der Waals surface area contributed by atoms with Crippen molar-refractivity contribution in [2.45, 2.75) is 52.6 Å². The topological polar surface area (TPSA) is 58.4 Å². The molecule has 0 aromatic carbocycles. The molecule has 0 spiro atoms. The third kappa shape index (κ3) is 9.06. The Balaban J connectivity index is 4.00. The lowest BCUT2D eigenvalue weighted by Crippen LogP contribution is -2.38. The summed E-state index contributed by atoms with van der Waals surface area (Å²) < 4.78 is 0. The summed E-state index contributed by atoms with van der Waals surface area (Å²) in [6.07, 6.45) is 1.23. The second kappa shape index (κ2) is 8.42. The molecule has 100 valence electrons. The van der Waals surface area contributed by atoms with Gasteiger partial charge in [-0.3, -0.25) is 4.79 Å². The first-order valence-corrected chi connectivity index (χ1v) is 6.55. The molecule has 0 heterocycles. The van der Waals surface area contributed by atoms with Crippen molar-refractivity contribution in [2.24, 2.45) is 5.73 Å². The van der Waals surface area contributed by atoms with Crippen LogP contribution < -0.4 is 11.1 Å². The van der Waals surface area contributed by atoms with E-state index >= 15 is 0 Å². The Morgan fingerprint density at radius 2 is 1.76 bits per heavy atom. The minimum absolute atomic E-state index is 0.0981. The summed E-state index contributed by atoms with van der Waals surface area (Å²) >= 11 is 4.87. The molecule has 0 fully saturated rings. The fourth-order valence-electron chi connectivity index (χ4n) is 1.52. The predicted octanol–water partition coefficient (Wildman–Crippen LogP) is 1.29. The zero-order valence-electron chi connectivity index (χ0n) is 11.3. The average Bonchev–Trinajstić information content (AvgIpc) is 2.15. The first-order chi connectivity index (χ1) is 7.82. The summed E-state index contributed by atoms with van der Waals surface area (Å²) in [6, 6.07) is 0.600. The quantitative estimate of drug-likeness (QED) is 0.645. The van der Waals surface area contributed by atoms with Crippen LogP contribution in [0.15, 0.2) is 0 Å². The van der Waals surface area contributed by atoms with Gasteiger partial charge in [-0.25, -0.2) is 0 Å². The first-order valence-electron chi connectivity index (χ1n) is 6.14. The van der Waals surface area contributed by atoms with Gasteiger partial charge in [-0.15, -0.1) is 0 Å². The smallest absolute Gasteiger partial charge is 0.221 e. The van der Waals surface area contributed by atoms with E-state index < -0.39 is 0 Å². The second-order valence-corrected chi connectivity index (χ2v) is 5.34. The molecule has 0 rings (SSSR count). The number of nitrogens with zero attached hydrogens (tertiary/aromatic N) is 1. The Hall–Kier alpha value is -0.680. The largest absolute Gasteiger partial charge is 0.393 e. The number of rotatable bonds is 8. The Morgan fingerprint density at radius 3 is 2.18 bits per heavy atom. The van der Waals surface area contributed by atoms with Crippen LogP contribution >= 0.6 is 12.2 Å². The van der Waals surface area contributed by atoms with Crippen molar-refractivity contribution in [3.63, 3.8) is 0 Å². The van der Waals surface area contributed by atoms with Crippen LogP contribution in [0.25, 0.3) is 0 Å². The second-order valence-electron chi connectivity index (χ2n) is 4.82. The molecule has 0 saturated heterocycles. The molecule has 0 radical (unpaired) electrons. The van der Waals surface area contributed by atoms with E-state index in [1.54, 1.807) is 0 Å². The van der Waals surface area contributed by atoms with E-state index in [1.165, 1.54) is 0 Å². The van der Waals surface area contributed by atoms with E-state index in [2.05, 4.69) is 24.1 Å². The molecule has 0 aliphatic heterocycles. The molecular weight excluding hydrogens is 234 g/mol. The van der Waals surface area contributed by atoms with Gasteiger partial charge in [-0.2, -0.15) is 0 Å². The van der Waals surface area contributed by atoms with Crippen LogP contribution in [0.3, 0.4) is 0 Å². The monoisotopic (exact) mass is 259 g/mol. The maximum atomic E-state index is 11.5. The number of thiocarbonyl (C=S) groups is 1. The van der Waals surface area contributed by atoms with Gasteiger partial charge < -0.3 is 16.0 Å². The van der Waals surface area contributed by atoms with Crippen LogP contribution in [-0.4, -0.2) is 41.0 Å². The molecule has 3 N–H and O–H groups in total. The van der Waals surface area contributed by atoms with E-state index in [0.29, 0.717) is 23.9 Å². The molecule has 4 nitrogen and oxygen atoms in total. The van der Waals surface area contributed by atoms with E-state index in [0.717, 1.165) is 13.1 Å². The fraction of sp³-hybridized carbons (Fsp3) is 0.833. The van der Waals surface area contributed by atoms with Gasteiger partial charge in [0.25, 0.3) is 0 Å². The molecule has 1 amide bonds. The van der Waals surface area contributed by atoms with Crippen LogP contribution in [-0.2, 0) is 4.79 Å². The van der Waals surface area contributed by atoms with E-state index in [-0.39, 0.29) is 11.9 Å². The van der Waals surface area contributed by atoms with Crippen molar-refractivity contribution in [3.05, 3.63) is 0 Å². The summed E-state index contributed by atoms with van der Waals surface area (Å²) in [5.41, 5.74) is 5.49. The minimum atomic E-state index is 0.0981. The van der Waals surface area contributed by atoms with Gasteiger partial charge in [-0.1, -0.05) is 12.2 Å². The summed E-state index contributed by atoms with van der Waals surface area (Å²) in [5.74, 6) is 0.0981. The third-order valence-electron chi connectivity index (χ3n) is 2.45. The van der Waals surface area contributed by atoms with Crippen LogP contribution in [0.4, 0.5) is 0 Å². The number of nitrogens with one attached hydrogen (secondary N) is 1. The number of hydrogen-bond donors (Lipinski definition) is 2. The Bertz CT molecular complexity index is 254. The number of carbonyl (C=O) groups is 1. The molecule has 0 aromatic heterocycles.